The summed E-state index contributed by atoms with van der Waals surface area (Å²) in [5.74, 6) is 0.847. The van der Waals surface area contributed by atoms with Gasteiger partial charge in [-0.3, -0.25) is 10.1 Å². The number of methoxy groups -OCH3 is 3. The molecule has 0 fully saturated rings. The Kier molecular flexibility index (Phi) is 4.27. The molecule has 0 aromatic heterocycles. The molecule has 0 aliphatic heterocycles. The molecule has 0 unspecified atom stereocenters. The van der Waals surface area contributed by atoms with Crippen LogP contribution in [-0.4, -0.2) is 26.3 Å². The lowest BCUT2D eigenvalue weighted by Gasteiger charge is -2.16. The number of rotatable bonds is 5. The van der Waals surface area contributed by atoms with Gasteiger partial charge in [-0.05, 0) is 5.56 Å². The lowest BCUT2D eigenvalue weighted by Crippen LogP contribution is -2.01. The number of hydrogen-bond acceptors (Lipinski definition) is 5. The van der Waals surface area contributed by atoms with Crippen molar-refractivity contribution < 1.29 is 19.1 Å². The largest absolute Gasteiger partial charge is 0.492 e. The summed E-state index contributed by atoms with van der Waals surface area (Å²) in [4.78, 5) is 10.9. The van der Waals surface area contributed by atoms with E-state index in [9.17, 15) is 10.1 Å². The van der Waals surface area contributed by atoms with E-state index >= 15 is 0 Å². The van der Waals surface area contributed by atoms with Gasteiger partial charge in [-0.25, -0.2) is 0 Å². The third-order valence-corrected chi connectivity index (χ3v) is 3.07. The van der Waals surface area contributed by atoms with E-state index in [4.69, 9.17) is 14.2 Å². The van der Waals surface area contributed by atoms with Gasteiger partial charge in [-0.2, -0.15) is 0 Å². The van der Waals surface area contributed by atoms with E-state index in [0.717, 1.165) is 0 Å². The van der Waals surface area contributed by atoms with Crippen LogP contribution in [0.1, 0.15) is 0 Å². The van der Waals surface area contributed by atoms with Crippen molar-refractivity contribution in [3.05, 3.63) is 46.5 Å². The van der Waals surface area contributed by atoms with E-state index in [1.165, 1.54) is 27.4 Å². The minimum absolute atomic E-state index is 0.101. The van der Waals surface area contributed by atoms with Gasteiger partial charge in [0.2, 0.25) is 5.75 Å². The fourth-order valence-electron chi connectivity index (χ4n) is 2.17. The molecule has 2 aromatic rings. The molecule has 2 aromatic carbocycles. The summed E-state index contributed by atoms with van der Waals surface area (Å²) in [7, 11) is 4.32. The summed E-state index contributed by atoms with van der Waals surface area (Å²) in [6, 6.07) is 10.3. The van der Waals surface area contributed by atoms with Crippen molar-refractivity contribution in [2.75, 3.05) is 21.3 Å². The molecule has 0 saturated carbocycles. The minimum atomic E-state index is -0.465. The third kappa shape index (κ3) is 2.60. The molecule has 110 valence electrons. The topological polar surface area (TPSA) is 70.8 Å². The molecular formula is C15H15NO5. The van der Waals surface area contributed by atoms with E-state index < -0.39 is 4.92 Å². The van der Waals surface area contributed by atoms with Gasteiger partial charge in [0.15, 0.2) is 11.5 Å². The van der Waals surface area contributed by atoms with Gasteiger partial charge in [0.25, 0.3) is 5.69 Å². The standard InChI is InChI=1S/C15H15NO5/c1-19-12-9-11(16(17)18)13(10-7-5-4-6-8-10)15(21-3)14(12)20-2/h4-9H,1-3H3. The molecule has 21 heavy (non-hydrogen) atoms. The molecule has 0 N–H and O–H groups in total. The molecule has 0 aliphatic carbocycles. The summed E-state index contributed by atoms with van der Waals surface area (Å²) in [6.07, 6.45) is 0. The summed E-state index contributed by atoms with van der Waals surface area (Å²) < 4.78 is 15.8. The summed E-state index contributed by atoms with van der Waals surface area (Å²) in [5, 5.41) is 11.4. The highest BCUT2D eigenvalue weighted by molar-refractivity contribution is 5.84. The van der Waals surface area contributed by atoms with Gasteiger partial charge in [-0.15, -0.1) is 0 Å². The number of hydrogen-bond donors (Lipinski definition) is 0. The smallest absolute Gasteiger partial charge is 0.284 e. The van der Waals surface area contributed by atoms with E-state index in [1.54, 1.807) is 24.3 Å². The van der Waals surface area contributed by atoms with Crippen LogP contribution in [-0.2, 0) is 0 Å². The van der Waals surface area contributed by atoms with Crippen LogP contribution in [0.25, 0.3) is 11.1 Å². The van der Waals surface area contributed by atoms with Crippen molar-refractivity contribution in [1.29, 1.82) is 0 Å². The molecule has 0 saturated heterocycles. The van der Waals surface area contributed by atoms with Crippen molar-refractivity contribution in [1.82, 2.24) is 0 Å². The maximum Gasteiger partial charge on any atom is 0.284 e. The van der Waals surface area contributed by atoms with Gasteiger partial charge < -0.3 is 14.2 Å². The first-order valence-electron chi connectivity index (χ1n) is 6.16. The van der Waals surface area contributed by atoms with Crippen LogP contribution in [0.4, 0.5) is 5.69 Å². The Labute approximate surface area is 122 Å². The van der Waals surface area contributed by atoms with Crippen LogP contribution in [0.2, 0.25) is 0 Å². The van der Waals surface area contributed by atoms with Crippen molar-refractivity contribution in [2.24, 2.45) is 0 Å². The van der Waals surface area contributed by atoms with E-state index in [-0.39, 0.29) is 17.2 Å². The number of nitro benzene ring substituents is 1. The van der Waals surface area contributed by atoms with E-state index in [0.29, 0.717) is 16.9 Å². The Morgan fingerprint density at radius 2 is 1.57 bits per heavy atom. The molecule has 2 rings (SSSR count). The lowest BCUT2D eigenvalue weighted by molar-refractivity contribution is -0.384. The normalized spacial score (nSPS) is 10.0. The highest BCUT2D eigenvalue weighted by Crippen LogP contribution is 2.49. The van der Waals surface area contributed by atoms with Crippen molar-refractivity contribution in [3.8, 4) is 28.4 Å². The molecular weight excluding hydrogens is 274 g/mol. The highest BCUT2D eigenvalue weighted by Gasteiger charge is 2.27. The second-order valence-corrected chi connectivity index (χ2v) is 4.16. The SMILES string of the molecule is COc1cc([N+](=O)[O-])c(-c2ccccc2)c(OC)c1OC. The Hall–Kier alpha value is -2.76. The maximum absolute atomic E-state index is 11.4. The first-order chi connectivity index (χ1) is 10.1. The van der Waals surface area contributed by atoms with Crippen molar-refractivity contribution >= 4 is 5.69 Å². The maximum atomic E-state index is 11.4. The van der Waals surface area contributed by atoms with E-state index in [2.05, 4.69) is 0 Å². The molecule has 0 bridgehead atoms. The van der Waals surface area contributed by atoms with Crippen LogP contribution in [0.3, 0.4) is 0 Å². The Balaban J connectivity index is 2.85. The molecule has 0 atom stereocenters. The monoisotopic (exact) mass is 289 g/mol. The zero-order chi connectivity index (χ0) is 15.4. The zero-order valence-electron chi connectivity index (χ0n) is 12.0. The number of nitro groups is 1. The summed E-state index contributed by atoms with van der Waals surface area (Å²) in [6.45, 7) is 0. The quantitative estimate of drug-likeness (QED) is 0.624. The van der Waals surface area contributed by atoms with Gasteiger partial charge >= 0.3 is 0 Å². The number of nitrogens with zero attached hydrogens (tertiary/aromatic N) is 1. The first-order valence-corrected chi connectivity index (χ1v) is 6.16. The Morgan fingerprint density at radius 3 is 2.05 bits per heavy atom. The molecule has 0 radical (unpaired) electrons. The van der Waals surface area contributed by atoms with Crippen LogP contribution in [0.15, 0.2) is 36.4 Å². The van der Waals surface area contributed by atoms with Gasteiger partial charge in [-0.1, -0.05) is 30.3 Å². The first kappa shape index (κ1) is 14.6. The molecule has 0 spiro atoms. The highest BCUT2D eigenvalue weighted by atomic mass is 16.6. The van der Waals surface area contributed by atoms with Crippen molar-refractivity contribution in [3.63, 3.8) is 0 Å². The minimum Gasteiger partial charge on any atom is -0.492 e. The van der Waals surface area contributed by atoms with Crippen LogP contribution in [0.5, 0.6) is 17.2 Å². The van der Waals surface area contributed by atoms with Gasteiger partial charge in [0, 0.05) is 0 Å². The predicted octanol–water partition coefficient (Wildman–Crippen LogP) is 3.29. The van der Waals surface area contributed by atoms with Crippen LogP contribution < -0.4 is 14.2 Å². The zero-order valence-corrected chi connectivity index (χ0v) is 12.0. The van der Waals surface area contributed by atoms with Crippen LogP contribution in [0, 0.1) is 10.1 Å². The average molecular weight is 289 g/mol. The Morgan fingerprint density at radius 1 is 0.952 bits per heavy atom. The average Bonchev–Trinajstić information content (AvgIpc) is 2.53. The van der Waals surface area contributed by atoms with Crippen molar-refractivity contribution in [2.45, 2.75) is 0 Å². The predicted molar refractivity (Wildman–Crippen MR) is 78.2 cm³/mol. The lowest BCUT2D eigenvalue weighted by atomic mass is 10.0. The number of benzene rings is 2. The third-order valence-electron chi connectivity index (χ3n) is 3.07. The summed E-state index contributed by atoms with van der Waals surface area (Å²) in [5.41, 5.74) is 0.929. The summed E-state index contributed by atoms with van der Waals surface area (Å²) >= 11 is 0. The molecule has 0 aliphatic rings. The van der Waals surface area contributed by atoms with Crippen LogP contribution >= 0.6 is 0 Å². The second kappa shape index (κ2) is 6.13. The Bertz CT molecular complexity index is 655. The molecule has 6 nitrogen and oxygen atoms in total. The number of ether oxygens (including phenoxy) is 3. The second-order valence-electron chi connectivity index (χ2n) is 4.16. The fraction of sp³-hybridized carbons (Fsp3) is 0.200. The van der Waals surface area contributed by atoms with Gasteiger partial charge in [0.05, 0.1) is 32.3 Å². The van der Waals surface area contributed by atoms with Gasteiger partial charge in [0.1, 0.15) is 5.56 Å². The molecule has 6 heteroatoms. The fourth-order valence-corrected chi connectivity index (χ4v) is 2.17. The molecule has 0 amide bonds. The van der Waals surface area contributed by atoms with E-state index in [1.807, 2.05) is 6.07 Å². The molecule has 0 heterocycles.